The zero-order valence-corrected chi connectivity index (χ0v) is 14.7. The number of anilines is 1. The average Bonchev–Trinajstić information content (AvgIpc) is 2.95. The standard InChI is InChI=1S/C16H16BrN3O4/c1-11-2-3-14(15(8-11)20(21)22)18-10-12-9-13(17)16(24-12)19-4-6-23-7-5-19/h2-3,8-10H,4-7H2,1H3. The molecule has 0 amide bonds. The number of rotatable bonds is 4. The Morgan fingerprint density at radius 2 is 2.08 bits per heavy atom. The third-order valence-corrected chi connectivity index (χ3v) is 4.21. The van der Waals surface area contributed by atoms with Crippen molar-refractivity contribution in [3.8, 4) is 0 Å². The summed E-state index contributed by atoms with van der Waals surface area (Å²) in [6, 6.07) is 6.72. The third kappa shape index (κ3) is 3.65. The Balaban J connectivity index is 1.84. The number of ether oxygens (including phenoxy) is 1. The van der Waals surface area contributed by atoms with Gasteiger partial charge in [0, 0.05) is 25.2 Å². The van der Waals surface area contributed by atoms with Crippen LogP contribution < -0.4 is 4.90 Å². The summed E-state index contributed by atoms with van der Waals surface area (Å²) in [6.07, 6.45) is 1.49. The molecule has 0 unspecified atom stereocenters. The van der Waals surface area contributed by atoms with E-state index in [2.05, 4.69) is 25.8 Å². The van der Waals surface area contributed by atoms with Crippen LogP contribution in [0.2, 0.25) is 0 Å². The Bertz CT molecular complexity index is 782. The van der Waals surface area contributed by atoms with E-state index >= 15 is 0 Å². The van der Waals surface area contributed by atoms with E-state index < -0.39 is 4.92 Å². The molecule has 0 aliphatic carbocycles. The van der Waals surface area contributed by atoms with Gasteiger partial charge in [-0.2, -0.15) is 0 Å². The predicted molar refractivity (Wildman–Crippen MR) is 94.5 cm³/mol. The van der Waals surface area contributed by atoms with Crippen molar-refractivity contribution in [1.29, 1.82) is 0 Å². The van der Waals surface area contributed by atoms with Crippen LogP contribution in [-0.2, 0) is 4.74 Å². The molecule has 1 saturated heterocycles. The van der Waals surface area contributed by atoms with E-state index in [-0.39, 0.29) is 5.69 Å². The number of nitro benzene ring substituents is 1. The van der Waals surface area contributed by atoms with E-state index in [9.17, 15) is 10.1 Å². The van der Waals surface area contributed by atoms with Crippen LogP contribution >= 0.6 is 15.9 Å². The van der Waals surface area contributed by atoms with E-state index in [0.717, 1.165) is 29.0 Å². The summed E-state index contributed by atoms with van der Waals surface area (Å²) in [6.45, 7) is 4.63. The van der Waals surface area contributed by atoms with E-state index in [1.54, 1.807) is 25.1 Å². The lowest BCUT2D eigenvalue weighted by atomic mass is 10.2. The molecule has 0 atom stereocenters. The highest BCUT2D eigenvalue weighted by atomic mass is 79.9. The molecule has 126 valence electrons. The van der Waals surface area contributed by atoms with Gasteiger partial charge in [0.1, 0.15) is 11.4 Å². The van der Waals surface area contributed by atoms with Crippen molar-refractivity contribution < 1.29 is 14.1 Å². The van der Waals surface area contributed by atoms with Crippen LogP contribution in [0.4, 0.5) is 17.3 Å². The van der Waals surface area contributed by atoms with Crippen LogP contribution in [0.25, 0.3) is 0 Å². The Hall–Kier alpha value is -2.19. The number of aliphatic imine (C=N–C) groups is 1. The number of nitrogens with zero attached hydrogens (tertiary/aromatic N) is 3. The fraction of sp³-hybridized carbons (Fsp3) is 0.312. The second kappa shape index (κ2) is 7.14. The first kappa shape index (κ1) is 16.7. The number of furan rings is 1. The Labute approximate surface area is 147 Å². The Morgan fingerprint density at radius 3 is 2.79 bits per heavy atom. The zero-order chi connectivity index (χ0) is 17.1. The van der Waals surface area contributed by atoms with Crippen LogP contribution in [0.1, 0.15) is 11.3 Å². The fourth-order valence-electron chi connectivity index (χ4n) is 2.44. The quantitative estimate of drug-likeness (QED) is 0.447. The molecular formula is C16H16BrN3O4. The van der Waals surface area contributed by atoms with Crippen molar-refractivity contribution in [2.75, 3.05) is 31.2 Å². The second-order valence-corrected chi connectivity index (χ2v) is 6.26. The highest BCUT2D eigenvalue weighted by Crippen LogP contribution is 2.31. The molecule has 1 aromatic heterocycles. The number of halogens is 1. The van der Waals surface area contributed by atoms with Crippen molar-refractivity contribution in [3.63, 3.8) is 0 Å². The first-order valence-electron chi connectivity index (χ1n) is 7.46. The molecule has 1 aromatic carbocycles. The summed E-state index contributed by atoms with van der Waals surface area (Å²) < 4.78 is 12.0. The Morgan fingerprint density at radius 1 is 1.33 bits per heavy atom. The summed E-state index contributed by atoms with van der Waals surface area (Å²) in [5, 5.41) is 11.1. The van der Waals surface area contributed by atoms with Crippen LogP contribution in [0.5, 0.6) is 0 Å². The summed E-state index contributed by atoms with van der Waals surface area (Å²) in [5.41, 5.74) is 1.09. The van der Waals surface area contributed by atoms with Crippen LogP contribution in [0, 0.1) is 17.0 Å². The van der Waals surface area contributed by atoms with Crippen LogP contribution in [0.3, 0.4) is 0 Å². The lowest BCUT2D eigenvalue weighted by Crippen LogP contribution is -2.36. The van der Waals surface area contributed by atoms with Gasteiger partial charge in [-0.15, -0.1) is 0 Å². The molecule has 8 heteroatoms. The molecule has 1 aliphatic heterocycles. The van der Waals surface area contributed by atoms with Crippen molar-refractivity contribution >= 4 is 39.4 Å². The Kier molecular flexibility index (Phi) is 4.96. The van der Waals surface area contributed by atoms with E-state index in [0.29, 0.717) is 24.7 Å². The van der Waals surface area contributed by atoms with Crippen molar-refractivity contribution in [2.45, 2.75) is 6.92 Å². The molecule has 7 nitrogen and oxygen atoms in total. The van der Waals surface area contributed by atoms with Gasteiger partial charge >= 0.3 is 0 Å². The summed E-state index contributed by atoms with van der Waals surface area (Å²) in [4.78, 5) is 17.0. The summed E-state index contributed by atoms with van der Waals surface area (Å²) in [7, 11) is 0. The minimum Gasteiger partial charge on any atom is -0.438 e. The maximum absolute atomic E-state index is 11.1. The number of hydrogen-bond acceptors (Lipinski definition) is 6. The number of benzene rings is 1. The SMILES string of the molecule is Cc1ccc(N=Cc2cc(Br)c(N3CCOCC3)o2)c([N+](=O)[O-])c1. The largest absolute Gasteiger partial charge is 0.438 e. The van der Waals surface area contributed by atoms with E-state index in [1.165, 1.54) is 12.3 Å². The summed E-state index contributed by atoms with van der Waals surface area (Å²) >= 11 is 3.48. The monoisotopic (exact) mass is 393 g/mol. The first-order chi connectivity index (χ1) is 11.5. The highest BCUT2D eigenvalue weighted by Gasteiger charge is 2.19. The normalized spacial score (nSPS) is 15.2. The van der Waals surface area contributed by atoms with Gasteiger partial charge in [0.25, 0.3) is 5.69 Å². The molecule has 0 spiro atoms. The minimum absolute atomic E-state index is 0.0229. The lowest BCUT2D eigenvalue weighted by Gasteiger charge is -2.26. The number of nitro groups is 1. The highest BCUT2D eigenvalue weighted by molar-refractivity contribution is 9.10. The van der Waals surface area contributed by atoms with Gasteiger partial charge in [-0.05, 0) is 34.5 Å². The number of hydrogen-bond donors (Lipinski definition) is 0. The van der Waals surface area contributed by atoms with Crippen molar-refractivity contribution in [3.05, 3.63) is 50.2 Å². The topological polar surface area (TPSA) is 81.1 Å². The minimum atomic E-state index is -0.434. The smallest absolute Gasteiger partial charge is 0.295 e. The number of morpholine rings is 1. The average molecular weight is 394 g/mol. The maximum atomic E-state index is 11.1. The van der Waals surface area contributed by atoms with Gasteiger partial charge in [-0.25, -0.2) is 4.99 Å². The molecule has 0 N–H and O–H groups in total. The molecule has 2 heterocycles. The van der Waals surface area contributed by atoms with Gasteiger partial charge in [-0.1, -0.05) is 6.07 Å². The maximum Gasteiger partial charge on any atom is 0.295 e. The second-order valence-electron chi connectivity index (χ2n) is 5.41. The molecule has 1 aliphatic rings. The molecule has 0 radical (unpaired) electrons. The van der Waals surface area contributed by atoms with Crippen molar-refractivity contribution in [2.24, 2.45) is 4.99 Å². The van der Waals surface area contributed by atoms with Crippen LogP contribution in [-0.4, -0.2) is 37.4 Å². The first-order valence-corrected chi connectivity index (χ1v) is 8.25. The predicted octanol–water partition coefficient (Wildman–Crippen LogP) is 3.85. The van der Waals surface area contributed by atoms with Gasteiger partial charge in [0.2, 0.25) is 5.88 Å². The molecule has 2 aromatic rings. The van der Waals surface area contributed by atoms with E-state index in [4.69, 9.17) is 9.15 Å². The fourth-order valence-corrected chi connectivity index (χ4v) is 3.00. The van der Waals surface area contributed by atoms with Crippen LogP contribution in [0.15, 0.2) is 38.1 Å². The van der Waals surface area contributed by atoms with Gasteiger partial charge in [0.05, 0.1) is 28.8 Å². The molecule has 3 rings (SSSR count). The molecule has 24 heavy (non-hydrogen) atoms. The van der Waals surface area contributed by atoms with Gasteiger partial charge in [-0.3, -0.25) is 10.1 Å². The lowest BCUT2D eigenvalue weighted by molar-refractivity contribution is -0.384. The summed E-state index contributed by atoms with van der Waals surface area (Å²) in [5.74, 6) is 1.25. The van der Waals surface area contributed by atoms with Gasteiger partial charge in [0.15, 0.2) is 0 Å². The van der Waals surface area contributed by atoms with Crippen molar-refractivity contribution in [1.82, 2.24) is 0 Å². The zero-order valence-electron chi connectivity index (χ0n) is 13.1. The van der Waals surface area contributed by atoms with Gasteiger partial charge < -0.3 is 14.1 Å². The molecule has 0 bridgehead atoms. The molecule has 1 fully saturated rings. The third-order valence-electron chi connectivity index (χ3n) is 3.64. The number of aryl methyl sites for hydroxylation is 1. The molecule has 0 saturated carbocycles. The van der Waals surface area contributed by atoms with E-state index in [1.807, 2.05) is 0 Å². The molecular weight excluding hydrogens is 378 g/mol.